The average Bonchev–Trinajstić information content (AvgIpc) is 2.66. The number of nitriles is 1. The fourth-order valence-electron chi connectivity index (χ4n) is 2.84. The molecule has 7 heteroatoms. The Morgan fingerprint density at radius 2 is 1.59 bits per heavy atom. The molecule has 27 heavy (non-hydrogen) atoms. The van der Waals surface area contributed by atoms with Crippen molar-refractivity contribution >= 4 is 5.84 Å². The summed E-state index contributed by atoms with van der Waals surface area (Å²) in [7, 11) is 0. The molecule has 3 aromatic carbocycles. The van der Waals surface area contributed by atoms with Gasteiger partial charge in [-0.15, -0.1) is 0 Å². The Balaban J connectivity index is 2.43. The number of hydrogen-bond acceptors (Lipinski definition) is 4. The standard InChI is InChI=1S/C20H13F2N3O2/c21-14-7-13(8-15(22)9-14)19-17(12-1-3-16(26)4-2-12)5-11(10-23)6-18(19)20(24)25-27/h1-9,26-27H,(H2,24,25). The van der Waals surface area contributed by atoms with E-state index in [2.05, 4.69) is 5.16 Å². The molecule has 0 atom stereocenters. The molecule has 0 aliphatic carbocycles. The predicted octanol–water partition coefficient (Wildman–Crippen LogP) is 3.97. The van der Waals surface area contributed by atoms with Crippen LogP contribution in [0.15, 0.2) is 59.8 Å². The monoisotopic (exact) mass is 365 g/mol. The molecule has 0 fully saturated rings. The van der Waals surface area contributed by atoms with E-state index in [4.69, 9.17) is 10.9 Å². The zero-order chi connectivity index (χ0) is 19.6. The summed E-state index contributed by atoms with van der Waals surface area (Å²) in [6, 6.07) is 13.9. The van der Waals surface area contributed by atoms with Crippen LogP contribution in [0.4, 0.5) is 8.78 Å². The second-order valence-electron chi connectivity index (χ2n) is 5.75. The first-order chi connectivity index (χ1) is 12.9. The lowest BCUT2D eigenvalue weighted by atomic mass is 9.88. The SMILES string of the molecule is N#Cc1cc(/C(N)=N/O)c(-c2cc(F)cc(F)c2)c(-c2ccc(O)cc2)c1. The van der Waals surface area contributed by atoms with Gasteiger partial charge >= 0.3 is 0 Å². The molecule has 0 aliphatic heterocycles. The highest BCUT2D eigenvalue weighted by Crippen LogP contribution is 2.37. The molecule has 0 aromatic heterocycles. The highest BCUT2D eigenvalue weighted by molar-refractivity contribution is 6.07. The highest BCUT2D eigenvalue weighted by Gasteiger charge is 2.19. The van der Waals surface area contributed by atoms with Crippen LogP contribution in [0, 0.1) is 23.0 Å². The Morgan fingerprint density at radius 3 is 2.15 bits per heavy atom. The van der Waals surface area contributed by atoms with Crippen molar-refractivity contribution in [2.24, 2.45) is 10.9 Å². The number of rotatable bonds is 3. The van der Waals surface area contributed by atoms with Gasteiger partial charge in [0, 0.05) is 17.2 Å². The van der Waals surface area contributed by atoms with Gasteiger partial charge in [0.25, 0.3) is 0 Å². The second kappa shape index (κ2) is 7.14. The molecule has 3 rings (SSSR count). The first kappa shape index (κ1) is 17.9. The molecule has 0 saturated carbocycles. The third-order valence-electron chi connectivity index (χ3n) is 3.98. The molecule has 0 heterocycles. The average molecular weight is 365 g/mol. The van der Waals surface area contributed by atoms with E-state index in [9.17, 15) is 19.1 Å². The summed E-state index contributed by atoms with van der Waals surface area (Å²) in [5, 5.41) is 30.9. The van der Waals surface area contributed by atoms with Gasteiger partial charge in [-0.25, -0.2) is 8.78 Å². The number of benzene rings is 3. The van der Waals surface area contributed by atoms with Gasteiger partial charge in [0.15, 0.2) is 5.84 Å². The lowest BCUT2D eigenvalue weighted by Crippen LogP contribution is -2.15. The molecule has 0 amide bonds. The van der Waals surface area contributed by atoms with Crippen LogP contribution in [0.5, 0.6) is 5.75 Å². The van der Waals surface area contributed by atoms with Gasteiger partial charge in [-0.1, -0.05) is 17.3 Å². The number of amidine groups is 1. The van der Waals surface area contributed by atoms with E-state index < -0.39 is 11.6 Å². The first-order valence-corrected chi connectivity index (χ1v) is 7.75. The van der Waals surface area contributed by atoms with Gasteiger partial charge < -0.3 is 16.0 Å². The molecule has 4 N–H and O–H groups in total. The number of nitrogens with two attached hydrogens (primary N) is 1. The van der Waals surface area contributed by atoms with Crippen molar-refractivity contribution in [2.45, 2.75) is 0 Å². The second-order valence-corrected chi connectivity index (χ2v) is 5.75. The fraction of sp³-hybridized carbons (Fsp3) is 0. The normalized spacial score (nSPS) is 11.2. The number of halogens is 2. The number of hydrogen-bond donors (Lipinski definition) is 3. The molecule has 0 bridgehead atoms. The summed E-state index contributed by atoms with van der Waals surface area (Å²) in [5.41, 5.74) is 7.56. The van der Waals surface area contributed by atoms with Crippen LogP contribution in [0.3, 0.4) is 0 Å². The van der Waals surface area contributed by atoms with Gasteiger partial charge in [-0.3, -0.25) is 0 Å². The minimum atomic E-state index is -0.795. The quantitative estimate of drug-likeness (QED) is 0.283. The van der Waals surface area contributed by atoms with Crippen molar-refractivity contribution in [1.29, 1.82) is 5.26 Å². The summed E-state index contributed by atoms with van der Waals surface area (Å²) in [4.78, 5) is 0. The van der Waals surface area contributed by atoms with E-state index in [0.29, 0.717) is 11.1 Å². The minimum absolute atomic E-state index is 0.0326. The molecular weight excluding hydrogens is 352 g/mol. The third kappa shape index (κ3) is 3.55. The van der Waals surface area contributed by atoms with Crippen LogP contribution in [0.2, 0.25) is 0 Å². The van der Waals surface area contributed by atoms with Gasteiger partial charge in [0.05, 0.1) is 11.6 Å². The largest absolute Gasteiger partial charge is 0.508 e. The molecule has 5 nitrogen and oxygen atoms in total. The van der Waals surface area contributed by atoms with E-state index in [0.717, 1.165) is 18.2 Å². The van der Waals surface area contributed by atoms with Gasteiger partial charge in [0.2, 0.25) is 0 Å². The molecule has 0 unspecified atom stereocenters. The van der Waals surface area contributed by atoms with Crippen molar-refractivity contribution in [3.05, 3.63) is 77.4 Å². The lowest BCUT2D eigenvalue weighted by Gasteiger charge is -2.16. The van der Waals surface area contributed by atoms with Crippen LogP contribution in [-0.4, -0.2) is 16.1 Å². The van der Waals surface area contributed by atoms with Crippen molar-refractivity contribution in [3.8, 4) is 34.1 Å². The van der Waals surface area contributed by atoms with Gasteiger partial charge in [0.1, 0.15) is 17.4 Å². The summed E-state index contributed by atoms with van der Waals surface area (Å²) >= 11 is 0. The number of phenols is 1. The number of phenolic OH excluding ortho intramolecular Hbond substituents is 1. The maximum Gasteiger partial charge on any atom is 0.170 e. The van der Waals surface area contributed by atoms with Crippen LogP contribution in [0.1, 0.15) is 11.1 Å². The van der Waals surface area contributed by atoms with E-state index in [1.54, 1.807) is 12.1 Å². The van der Waals surface area contributed by atoms with E-state index in [1.807, 2.05) is 6.07 Å². The molecular formula is C20H13F2N3O2. The van der Waals surface area contributed by atoms with E-state index in [1.165, 1.54) is 24.3 Å². The van der Waals surface area contributed by atoms with Crippen molar-refractivity contribution in [2.75, 3.05) is 0 Å². The number of nitrogens with zero attached hydrogens (tertiary/aromatic N) is 2. The smallest absolute Gasteiger partial charge is 0.170 e. The van der Waals surface area contributed by atoms with E-state index >= 15 is 0 Å². The molecule has 0 spiro atoms. The highest BCUT2D eigenvalue weighted by atomic mass is 19.1. The van der Waals surface area contributed by atoms with Crippen molar-refractivity contribution in [3.63, 3.8) is 0 Å². The Kier molecular flexibility index (Phi) is 4.73. The number of oxime groups is 1. The Labute approximate surface area is 153 Å². The summed E-state index contributed by atoms with van der Waals surface area (Å²) in [5.74, 6) is -1.87. The minimum Gasteiger partial charge on any atom is -0.508 e. The summed E-state index contributed by atoms with van der Waals surface area (Å²) < 4.78 is 27.6. The van der Waals surface area contributed by atoms with Crippen LogP contribution in [-0.2, 0) is 0 Å². The zero-order valence-electron chi connectivity index (χ0n) is 13.8. The van der Waals surface area contributed by atoms with Crippen molar-refractivity contribution in [1.82, 2.24) is 0 Å². The Bertz CT molecular complexity index is 1070. The zero-order valence-corrected chi connectivity index (χ0v) is 13.8. The van der Waals surface area contributed by atoms with E-state index in [-0.39, 0.29) is 33.8 Å². The van der Waals surface area contributed by atoms with Gasteiger partial charge in [-0.05, 0) is 53.1 Å². The molecule has 3 aromatic rings. The predicted molar refractivity (Wildman–Crippen MR) is 96.1 cm³/mol. The molecule has 134 valence electrons. The Morgan fingerprint density at radius 1 is 0.963 bits per heavy atom. The maximum atomic E-state index is 13.8. The maximum absolute atomic E-state index is 13.8. The first-order valence-electron chi connectivity index (χ1n) is 7.75. The Hall–Kier alpha value is -3.92. The summed E-state index contributed by atoms with van der Waals surface area (Å²) in [6.07, 6.45) is 0. The molecule has 0 radical (unpaired) electrons. The van der Waals surface area contributed by atoms with Crippen molar-refractivity contribution < 1.29 is 19.1 Å². The molecule has 0 saturated heterocycles. The van der Waals surface area contributed by atoms with Crippen LogP contribution >= 0.6 is 0 Å². The summed E-state index contributed by atoms with van der Waals surface area (Å²) in [6.45, 7) is 0. The number of aromatic hydroxyl groups is 1. The van der Waals surface area contributed by atoms with Gasteiger partial charge in [-0.2, -0.15) is 5.26 Å². The molecule has 0 aliphatic rings. The topological polar surface area (TPSA) is 103 Å². The van der Waals surface area contributed by atoms with Crippen LogP contribution in [0.25, 0.3) is 22.3 Å². The third-order valence-corrected chi connectivity index (χ3v) is 3.98. The fourth-order valence-corrected chi connectivity index (χ4v) is 2.84. The lowest BCUT2D eigenvalue weighted by molar-refractivity contribution is 0.318. The van der Waals surface area contributed by atoms with Crippen LogP contribution < -0.4 is 5.73 Å².